The molecular weight excluding hydrogens is 314 g/mol. The zero-order valence-electron chi connectivity index (χ0n) is 11.0. The molecule has 2 aromatic carbocycles. The minimum Gasteiger partial charge on any atom is -0.397 e. The Morgan fingerprint density at radius 2 is 2.00 bits per heavy atom. The Morgan fingerprint density at radius 3 is 2.80 bits per heavy atom. The van der Waals surface area contributed by atoms with Crippen molar-refractivity contribution in [3.05, 3.63) is 58.8 Å². The van der Waals surface area contributed by atoms with Crippen LogP contribution in [0, 0.1) is 6.92 Å². The number of anilines is 3. The number of pyridine rings is 1. The third-order valence-electron chi connectivity index (χ3n) is 3.30. The van der Waals surface area contributed by atoms with Crippen LogP contribution in [0.2, 0.25) is 0 Å². The van der Waals surface area contributed by atoms with Crippen molar-refractivity contribution < 1.29 is 0 Å². The number of benzene rings is 2. The van der Waals surface area contributed by atoms with Gasteiger partial charge in [0.1, 0.15) is 0 Å². The highest BCUT2D eigenvalue weighted by atomic mass is 79.9. The van der Waals surface area contributed by atoms with E-state index in [1.807, 2.05) is 36.5 Å². The van der Waals surface area contributed by atoms with Crippen molar-refractivity contribution in [2.45, 2.75) is 6.92 Å². The SMILES string of the molecule is Cc1cc(Nc2ccc3cnccc3c2N)ccc1Br. The fourth-order valence-corrected chi connectivity index (χ4v) is 2.43. The van der Waals surface area contributed by atoms with Crippen LogP contribution in [0.25, 0.3) is 10.8 Å². The number of hydrogen-bond acceptors (Lipinski definition) is 3. The zero-order chi connectivity index (χ0) is 14.1. The van der Waals surface area contributed by atoms with Crippen LogP contribution in [0.4, 0.5) is 17.1 Å². The van der Waals surface area contributed by atoms with E-state index in [2.05, 4.69) is 39.2 Å². The van der Waals surface area contributed by atoms with E-state index < -0.39 is 0 Å². The molecule has 1 heterocycles. The second-order valence-corrected chi connectivity index (χ2v) is 5.57. The van der Waals surface area contributed by atoms with Crippen molar-refractivity contribution in [2.75, 3.05) is 11.1 Å². The first kappa shape index (κ1) is 12.9. The zero-order valence-corrected chi connectivity index (χ0v) is 12.6. The van der Waals surface area contributed by atoms with Gasteiger partial charge < -0.3 is 11.1 Å². The molecule has 0 amide bonds. The summed E-state index contributed by atoms with van der Waals surface area (Å²) in [6, 6.07) is 12.1. The molecule has 0 bridgehead atoms. The van der Waals surface area contributed by atoms with E-state index >= 15 is 0 Å². The Balaban J connectivity index is 2.02. The number of hydrogen-bond donors (Lipinski definition) is 2. The molecular formula is C16H14BrN3. The van der Waals surface area contributed by atoms with Crippen LogP contribution in [0.1, 0.15) is 5.56 Å². The minimum absolute atomic E-state index is 0.741. The average molecular weight is 328 g/mol. The van der Waals surface area contributed by atoms with Crippen LogP contribution >= 0.6 is 15.9 Å². The number of nitrogens with two attached hydrogens (primary N) is 1. The maximum atomic E-state index is 6.24. The Morgan fingerprint density at radius 1 is 1.15 bits per heavy atom. The number of nitrogens with zero attached hydrogens (tertiary/aromatic N) is 1. The molecule has 0 fully saturated rings. The van der Waals surface area contributed by atoms with Gasteiger partial charge in [-0.3, -0.25) is 4.98 Å². The Hall–Kier alpha value is -2.07. The van der Waals surface area contributed by atoms with E-state index in [4.69, 9.17) is 5.73 Å². The average Bonchev–Trinajstić information content (AvgIpc) is 2.46. The van der Waals surface area contributed by atoms with Crippen LogP contribution in [0.5, 0.6) is 0 Å². The molecule has 0 spiro atoms. The summed E-state index contributed by atoms with van der Waals surface area (Å²) >= 11 is 3.50. The lowest BCUT2D eigenvalue weighted by Gasteiger charge is -2.12. The number of nitrogen functional groups attached to an aromatic ring is 1. The Kier molecular flexibility index (Phi) is 3.32. The van der Waals surface area contributed by atoms with E-state index in [0.717, 1.165) is 32.3 Å². The molecule has 100 valence electrons. The molecule has 3 aromatic rings. The highest BCUT2D eigenvalue weighted by Gasteiger charge is 2.05. The summed E-state index contributed by atoms with van der Waals surface area (Å²) in [4.78, 5) is 4.11. The molecule has 0 aliphatic rings. The number of aromatic nitrogens is 1. The molecule has 0 saturated heterocycles. The third-order valence-corrected chi connectivity index (χ3v) is 4.19. The Labute approximate surface area is 126 Å². The maximum Gasteiger partial charge on any atom is 0.0634 e. The van der Waals surface area contributed by atoms with Crippen LogP contribution in [-0.4, -0.2) is 4.98 Å². The number of aryl methyl sites for hydroxylation is 1. The maximum absolute atomic E-state index is 6.24. The third kappa shape index (κ3) is 2.34. The molecule has 0 atom stereocenters. The summed E-state index contributed by atoms with van der Waals surface area (Å²) in [6.45, 7) is 2.06. The normalized spacial score (nSPS) is 10.7. The van der Waals surface area contributed by atoms with Gasteiger partial charge in [0.2, 0.25) is 0 Å². The standard InChI is InChI=1S/C16H14BrN3/c1-10-8-12(3-4-14(10)17)20-15-5-2-11-9-19-7-6-13(11)16(15)18/h2-9,20H,18H2,1H3. The van der Waals surface area contributed by atoms with Crippen LogP contribution in [0.3, 0.4) is 0 Å². The van der Waals surface area contributed by atoms with Gasteiger partial charge in [0.05, 0.1) is 11.4 Å². The summed E-state index contributed by atoms with van der Waals surface area (Å²) in [7, 11) is 0. The van der Waals surface area contributed by atoms with Gasteiger partial charge in [-0.2, -0.15) is 0 Å². The number of halogens is 1. The Bertz CT molecular complexity index is 784. The molecule has 3 nitrogen and oxygen atoms in total. The van der Waals surface area contributed by atoms with E-state index in [9.17, 15) is 0 Å². The van der Waals surface area contributed by atoms with Gasteiger partial charge in [-0.15, -0.1) is 0 Å². The van der Waals surface area contributed by atoms with Crippen LogP contribution in [-0.2, 0) is 0 Å². The highest BCUT2D eigenvalue weighted by Crippen LogP contribution is 2.31. The molecule has 1 aromatic heterocycles. The highest BCUT2D eigenvalue weighted by molar-refractivity contribution is 9.10. The minimum atomic E-state index is 0.741. The quantitative estimate of drug-likeness (QED) is 0.674. The monoisotopic (exact) mass is 327 g/mol. The lowest BCUT2D eigenvalue weighted by atomic mass is 10.1. The van der Waals surface area contributed by atoms with Gasteiger partial charge in [-0.05, 0) is 42.8 Å². The summed E-state index contributed by atoms with van der Waals surface area (Å²) in [5.41, 5.74) is 10.1. The smallest absolute Gasteiger partial charge is 0.0634 e. The molecule has 3 rings (SSSR count). The molecule has 0 radical (unpaired) electrons. The molecule has 0 unspecified atom stereocenters. The molecule has 0 aliphatic heterocycles. The van der Waals surface area contributed by atoms with Gasteiger partial charge in [-0.1, -0.05) is 22.0 Å². The van der Waals surface area contributed by atoms with Gasteiger partial charge in [0.25, 0.3) is 0 Å². The molecule has 0 saturated carbocycles. The predicted molar refractivity (Wildman–Crippen MR) is 88.3 cm³/mol. The second-order valence-electron chi connectivity index (χ2n) is 4.71. The molecule has 0 aliphatic carbocycles. The molecule has 3 N–H and O–H groups in total. The fraction of sp³-hybridized carbons (Fsp3) is 0.0625. The summed E-state index contributed by atoms with van der Waals surface area (Å²) in [6.07, 6.45) is 3.57. The van der Waals surface area contributed by atoms with Crippen LogP contribution < -0.4 is 11.1 Å². The summed E-state index contributed by atoms with van der Waals surface area (Å²) < 4.78 is 1.10. The van der Waals surface area contributed by atoms with E-state index in [1.165, 1.54) is 5.56 Å². The first-order chi connectivity index (χ1) is 9.65. The van der Waals surface area contributed by atoms with E-state index in [0.29, 0.717) is 0 Å². The topological polar surface area (TPSA) is 50.9 Å². The van der Waals surface area contributed by atoms with Crippen LogP contribution in [0.15, 0.2) is 53.3 Å². The van der Waals surface area contributed by atoms with E-state index in [-0.39, 0.29) is 0 Å². The summed E-state index contributed by atoms with van der Waals surface area (Å²) in [5.74, 6) is 0. The lowest BCUT2D eigenvalue weighted by molar-refractivity contribution is 1.36. The number of nitrogens with one attached hydrogen (secondary N) is 1. The second kappa shape index (κ2) is 5.13. The fourth-order valence-electron chi connectivity index (χ4n) is 2.18. The van der Waals surface area contributed by atoms with E-state index in [1.54, 1.807) is 6.20 Å². The molecule has 4 heteroatoms. The molecule has 20 heavy (non-hydrogen) atoms. The van der Waals surface area contributed by atoms with Gasteiger partial charge >= 0.3 is 0 Å². The van der Waals surface area contributed by atoms with Gasteiger partial charge in [0, 0.05) is 33.3 Å². The predicted octanol–water partition coefficient (Wildman–Crippen LogP) is 4.63. The van der Waals surface area contributed by atoms with Crippen molar-refractivity contribution in [1.82, 2.24) is 4.98 Å². The van der Waals surface area contributed by atoms with Crippen molar-refractivity contribution in [1.29, 1.82) is 0 Å². The lowest BCUT2D eigenvalue weighted by Crippen LogP contribution is -1.97. The number of rotatable bonds is 2. The van der Waals surface area contributed by atoms with Crippen molar-refractivity contribution in [3.8, 4) is 0 Å². The first-order valence-corrected chi connectivity index (χ1v) is 7.10. The van der Waals surface area contributed by atoms with Gasteiger partial charge in [-0.25, -0.2) is 0 Å². The van der Waals surface area contributed by atoms with Gasteiger partial charge in [0.15, 0.2) is 0 Å². The summed E-state index contributed by atoms with van der Waals surface area (Å²) in [5, 5.41) is 5.42. The van der Waals surface area contributed by atoms with Crippen molar-refractivity contribution in [3.63, 3.8) is 0 Å². The first-order valence-electron chi connectivity index (χ1n) is 6.30. The van der Waals surface area contributed by atoms with Crippen molar-refractivity contribution >= 4 is 43.8 Å². The van der Waals surface area contributed by atoms with Crippen molar-refractivity contribution in [2.24, 2.45) is 0 Å². The number of fused-ring (bicyclic) bond motifs is 1. The largest absolute Gasteiger partial charge is 0.397 e.